The molecule has 2 aromatic carbocycles. The summed E-state index contributed by atoms with van der Waals surface area (Å²) in [5.41, 5.74) is 3.21. The SMILES string of the molecule is COc1ccc(CNC(=O)C(=O)Nc2ccc3c(c2)N(C(=O)C(C)C)CCC3)cc1. The average molecular weight is 409 g/mol. The van der Waals surface area contributed by atoms with Gasteiger partial charge in [0.15, 0.2) is 0 Å². The Bertz CT molecular complexity index is 938. The van der Waals surface area contributed by atoms with E-state index in [-0.39, 0.29) is 18.4 Å². The third-order valence-electron chi connectivity index (χ3n) is 5.04. The number of fused-ring (bicyclic) bond motifs is 1. The van der Waals surface area contributed by atoms with Crippen LogP contribution in [0.15, 0.2) is 42.5 Å². The lowest BCUT2D eigenvalue weighted by Gasteiger charge is -2.31. The molecule has 0 saturated heterocycles. The Kier molecular flexibility index (Phi) is 6.72. The van der Waals surface area contributed by atoms with Gasteiger partial charge in [0.05, 0.1) is 7.11 Å². The summed E-state index contributed by atoms with van der Waals surface area (Å²) >= 11 is 0. The molecule has 30 heavy (non-hydrogen) atoms. The fourth-order valence-corrected chi connectivity index (χ4v) is 3.39. The number of carbonyl (C=O) groups is 3. The van der Waals surface area contributed by atoms with Crippen LogP contribution in [0.25, 0.3) is 0 Å². The van der Waals surface area contributed by atoms with Gasteiger partial charge < -0.3 is 20.3 Å². The van der Waals surface area contributed by atoms with Crippen molar-refractivity contribution in [3.63, 3.8) is 0 Å². The van der Waals surface area contributed by atoms with Gasteiger partial charge in [0.2, 0.25) is 5.91 Å². The highest BCUT2D eigenvalue weighted by atomic mass is 16.5. The zero-order chi connectivity index (χ0) is 21.7. The van der Waals surface area contributed by atoms with E-state index >= 15 is 0 Å². The second-order valence-electron chi connectivity index (χ2n) is 7.58. The largest absolute Gasteiger partial charge is 0.497 e. The topological polar surface area (TPSA) is 87.7 Å². The maximum absolute atomic E-state index is 12.5. The molecule has 7 nitrogen and oxygen atoms in total. The number of methoxy groups -OCH3 is 1. The minimum absolute atomic E-state index is 0.0525. The van der Waals surface area contributed by atoms with Crippen LogP contribution in [0.2, 0.25) is 0 Å². The summed E-state index contributed by atoms with van der Waals surface area (Å²) in [6, 6.07) is 12.7. The first-order chi connectivity index (χ1) is 14.4. The van der Waals surface area contributed by atoms with Gasteiger partial charge in [0, 0.05) is 30.4 Å². The predicted molar refractivity (Wildman–Crippen MR) is 115 cm³/mol. The van der Waals surface area contributed by atoms with Crippen LogP contribution in [-0.2, 0) is 27.3 Å². The molecule has 7 heteroatoms. The molecular formula is C23H27N3O4. The highest BCUT2D eigenvalue weighted by Gasteiger charge is 2.25. The molecule has 3 amide bonds. The molecule has 158 valence electrons. The molecule has 2 N–H and O–H groups in total. The summed E-state index contributed by atoms with van der Waals surface area (Å²) in [6.45, 7) is 4.63. The van der Waals surface area contributed by atoms with Crippen molar-refractivity contribution in [2.75, 3.05) is 23.9 Å². The van der Waals surface area contributed by atoms with Crippen molar-refractivity contribution in [3.8, 4) is 5.75 Å². The molecule has 1 aliphatic heterocycles. The van der Waals surface area contributed by atoms with Gasteiger partial charge in [-0.15, -0.1) is 0 Å². The van der Waals surface area contributed by atoms with Gasteiger partial charge in [-0.1, -0.05) is 32.0 Å². The molecule has 0 unspecified atom stereocenters. The number of hydrogen-bond donors (Lipinski definition) is 2. The summed E-state index contributed by atoms with van der Waals surface area (Å²) in [5.74, 6) is -0.811. The molecule has 1 heterocycles. The monoisotopic (exact) mass is 409 g/mol. The van der Waals surface area contributed by atoms with E-state index in [9.17, 15) is 14.4 Å². The second-order valence-corrected chi connectivity index (χ2v) is 7.58. The number of aryl methyl sites for hydroxylation is 1. The first-order valence-corrected chi connectivity index (χ1v) is 10.1. The third kappa shape index (κ3) is 4.97. The van der Waals surface area contributed by atoms with Gasteiger partial charge in [-0.25, -0.2) is 0 Å². The highest BCUT2D eigenvalue weighted by Crippen LogP contribution is 2.31. The standard InChI is InChI=1S/C23H27N3O4/c1-15(2)23(29)26-12-4-5-17-8-9-18(13-20(17)26)25-22(28)21(27)24-14-16-6-10-19(30-3)11-7-16/h6-11,13,15H,4-5,12,14H2,1-3H3,(H,24,27)(H,25,28). The number of hydrogen-bond acceptors (Lipinski definition) is 4. The zero-order valence-corrected chi connectivity index (χ0v) is 17.5. The molecule has 0 saturated carbocycles. The van der Waals surface area contributed by atoms with Crippen molar-refractivity contribution in [2.24, 2.45) is 5.92 Å². The van der Waals surface area contributed by atoms with E-state index in [1.54, 1.807) is 36.3 Å². The van der Waals surface area contributed by atoms with Crippen LogP contribution >= 0.6 is 0 Å². The Hall–Kier alpha value is -3.35. The summed E-state index contributed by atoms with van der Waals surface area (Å²) in [4.78, 5) is 38.8. The van der Waals surface area contributed by atoms with Crippen LogP contribution < -0.4 is 20.3 Å². The fraction of sp³-hybridized carbons (Fsp3) is 0.348. The van der Waals surface area contributed by atoms with Crippen LogP contribution in [0.3, 0.4) is 0 Å². The van der Waals surface area contributed by atoms with Crippen LogP contribution in [0.5, 0.6) is 5.75 Å². The molecule has 0 radical (unpaired) electrons. The Labute approximate surface area is 176 Å². The van der Waals surface area contributed by atoms with Crippen LogP contribution in [-0.4, -0.2) is 31.4 Å². The number of rotatable bonds is 5. The van der Waals surface area contributed by atoms with Crippen molar-refractivity contribution >= 4 is 29.1 Å². The molecular weight excluding hydrogens is 382 g/mol. The van der Waals surface area contributed by atoms with E-state index in [1.807, 2.05) is 32.0 Å². The average Bonchev–Trinajstić information content (AvgIpc) is 2.76. The first-order valence-electron chi connectivity index (χ1n) is 10.1. The number of carbonyl (C=O) groups excluding carboxylic acids is 3. The number of nitrogens with zero attached hydrogens (tertiary/aromatic N) is 1. The molecule has 0 atom stereocenters. The zero-order valence-electron chi connectivity index (χ0n) is 17.5. The Morgan fingerprint density at radius 1 is 1.07 bits per heavy atom. The molecule has 2 aromatic rings. The van der Waals surface area contributed by atoms with Crippen LogP contribution in [0.1, 0.15) is 31.4 Å². The first kappa shape index (κ1) is 21.4. The van der Waals surface area contributed by atoms with Crippen molar-refractivity contribution in [1.29, 1.82) is 0 Å². The fourth-order valence-electron chi connectivity index (χ4n) is 3.39. The van der Waals surface area contributed by atoms with Crippen molar-refractivity contribution in [2.45, 2.75) is 33.2 Å². The maximum Gasteiger partial charge on any atom is 0.313 e. The number of nitrogens with one attached hydrogen (secondary N) is 2. The Morgan fingerprint density at radius 2 is 1.80 bits per heavy atom. The van der Waals surface area contributed by atoms with E-state index in [0.29, 0.717) is 12.2 Å². The number of benzene rings is 2. The number of anilines is 2. The van der Waals surface area contributed by atoms with Crippen LogP contribution in [0, 0.1) is 5.92 Å². The molecule has 0 aliphatic carbocycles. The Morgan fingerprint density at radius 3 is 2.47 bits per heavy atom. The Balaban J connectivity index is 1.64. The van der Waals surface area contributed by atoms with Crippen molar-refractivity contribution in [3.05, 3.63) is 53.6 Å². The molecule has 1 aliphatic rings. The van der Waals surface area contributed by atoms with E-state index in [4.69, 9.17) is 4.74 Å². The van der Waals surface area contributed by atoms with Crippen molar-refractivity contribution in [1.82, 2.24) is 5.32 Å². The van der Waals surface area contributed by atoms with Gasteiger partial charge in [0.25, 0.3) is 0 Å². The second kappa shape index (κ2) is 9.43. The normalized spacial score (nSPS) is 12.9. The van der Waals surface area contributed by atoms with E-state index < -0.39 is 11.8 Å². The molecule has 0 bridgehead atoms. The lowest BCUT2D eigenvalue weighted by molar-refractivity contribution is -0.136. The van der Waals surface area contributed by atoms with Gasteiger partial charge in [-0.3, -0.25) is 14.4 Å². The van der Waals surface area contributed by atoms with Gasteiger partial charge in [0.1, 0.15) is 5.75 Å². The smallest absolute Gasteiger partial charge is 0.313 e. The van der Waals surface area contributed by atoms with Gasteiger partial charge in [-0.05, 0) is 48.2 Å². The van der Waals surface area contributed by atoms with E-state index in [0.717, 1.165) is 35.4 Å². The lowest BCUT2D eigenvalue weighted by atomic mass is 9.99. The molecule has 3 rings (SSSR count). The maximum atomic E-state index is 12.5. The molecule has 0 spiro atoms. The van der Waals surface area contributed by atoms with Crippen molar-refractivity contribution < 1.29 is 19.1 Å². The van der Waals surface area contributed by atoms with E-state index in [1.165, 1.54) is 0 Å². The minimum atomic E-state index is -0.749. The van der Waals surface area contributed by atoms with Gasteiger partial charge >= 0.3 is 11.8 Å². The summed E-state index contributed by atoms with van der Waals surface area (Å²) in [5, 5.41) is 5.23. The highest BCUT2D eigenvalue weighted by molar-refractivity contribution is 6.39. The van der Waals surface area contributed by atoms with Gasteiger partial charge in [-0.2, -0.15) is 0 Å². The van der Waals surface area contributed by atoms with E-state index in [2.05, 4.69) is 10.6 Å². The molecule has 0 aromatic heterocycles. The predicted octanol–water partition coefficient (Wildman–Crippen LogP) is 2.89. The summed E-state index contributed by atoms with van der Waals surface area (Å²) < 4.78 is 5.10. The number of ether oxygens (including phenoxy) is 1. The third-order valence-corrected chi connectivity index (χ3v) is 5.04. The number of amides is 3. The molecule has 0 fully saturated rings. The summed E-state index contributed by atoms with van der Waals surface area (Å²) in [7, 11) is 1.58. The summed E-state index contributed by atoms with van der Waals surface area (Å²) in [6.07, 6.45) is 1.79. The lowest BCUT2D eigenvalue weighted by Crippen LogP contribution is -2.38. The quantitative estimate of drug-likeness (QED) is 0.744. The van der Waals surface area contributed by atoms with Crippen LogP contribution in [0.4, 0.5) is 11.4 Å². The minimum Gasteiger partial charge on any atom is -0.497 e.